The van der Waals surface area contributed by atoms with E-state index < -0.39 is 0 Å². The molecule has 3 unspecified atom stereocenters. The largest absolute Gasteiger partial charge is 0.351 e. The van der Waals surface area contributed by atoms with Gasteiger partial charge in [-0.2, -0.15) is 0 Å². The lowest BCUT2D eigenvalue weighted by atomic mass is 9.94. The number of likely N-dealkylation sites (tertiary alicyclic amines) is 1. The molecule has 0 radical (unpaired) electrons. The van der Waals surface area contributed by atoms with Gasteiger partial charge in [0.15, 0.2) is 0 Å². The van der Waals surface area contributed by atoms with Crippen LogP contribution in [0.2, 0.25) is 0 Å². The summed E-state index contributed by atoms with van der Waals surface area (Å²) in [6.45, 7) is 3.12. The van der Waals surface area contributed by atoms with E-state index in [1.54, 1.807) is 0 Å². The van der Waals surface area contributed by atoms with Crippen LogP contribution in [0.4, 0.5) is 0 Å². The predicted molar refractivity (Wildman–Crippen MR) is 118 cm³/mol. The number of carbonyl (C=O) groups is 2. The maximum Gasteiger partial charge on any atom is 0.225 e. The van der Waals surface area contributed by atoms with Crippen LogP contribution in [0.1, 0.15) is 36.9 Å². The summed E-state index contributed by atoms with van der Waals surface area (Å²) in [5.41, 5.74) is 8.38. The zero-order valence-electron chi connectivity index (χ0n) is 16.8. The van der Waals surface area contributed by atoms with Gasteiger partial charge in [0.05, 0.1) is 5.92 Å². The molecule has 3 atom stereocenters. The molecule has 6 heteroatoms. The molecule has 1 saturated heterocycles. The van der Waals surface area contributed by atoms with Crippen LogP contribution in [0, 0.1) is 5.92 Å². The highest BCUT2D eigenvalue weighted by molar-refractivity contribution is 5.85. The van der Waals surface area contributed by atoms with Crippen molar-refractivity contribution in [3.63, 3.8) is 0 Å². The van der Waals surface area contributed by atoms with Gasteiger partial charge in [-0.05, 0) is 24.0 Å². The number of nitrogens with two attached hydrogens (primary N) is 1. The minimum absolute atomic E-state index is 0. The molecule has 0 saturated carbocycles. The van der Waals surface area contributed by atoms with Crippen molar-refractivity contribution >= 4 is 24.2 Å². The SMILES string of the molecule is CC(C(=O)NC1CCN(C(=O)CCc2ccccc2)C1)C(N)c1ccccc1.Cl. The van der Waals surface area contributed by atoms with Crippen molar-refractivity contribution in [1.82, 2.24) is 10.2 Å². The molecule has 1 heterocycles. The van der Waals surface area contributed by atoms with Crippen molar-refractivity contribution in [3.8, 4) is 0 Å². The molecule has 1 aliphatic heterocycles. The molecule has 1 aliphatic rings. The Morgan fingerprint density at radius 2 is 1.72 bits per heavy atom. The van der Waals surface area contributed by atoms with Crippen molar-refractivity contribution in [1.29, 1.82) is 0 Å². The molecule has 5 nitrogen and oxygen atoms in total. The third-order valence-corrected chi connectivity index (χ3v) is 5.49. The number of rotatable bonds is 7. The molecule has 2 aromatic rings. The number of benzene rings is 2. The topological polar surface area (TPSA) is 75.4 Å². The van der Waals surface area contributed by atoms with Gasteiger partial charge in [-0.1, -0.05) is 67.6 Å². The number of amides is 2. The van der Waals surface area contributed by atoms with Crippen LogP contribution in [-0.4, -0.2) is 35.8 Å². The number of nitrogens with one attached hydrogen (secondary N) is 1. The van der Waals surface area contributed by atoms with Gasteiger partial charge < -0.3 is 16.0 Å². The first-order chi connectivity index (χ1) is 13.5. The van der Waals surface area contributed by atoms with Crippen molar-refractivity contribution in [3.05, 3.63) is 71.8 Å². The van der Waals surface area contributed by atoms with Crippen LogP contribution in [0.15, 0.2) is 60.7 Å². The van der Waals surface area contributed by atoms with Crippen LogP contribution < -0.4 is 11.1 Å². The van der Waals surface area contributed by atoms with E-state index >= 15 is 0 Å². The van der Waals surface area contributed by atoms with Gasteiger partial charge in [0, 0.05) is 31.6 Å². The van der Waals surface area contributed by atoms with Gasteiger partial charge in [0.25, 0.3) is 0 Å². The fourth-order valence-corrected chi connectivity index (χ4v) is 3.62. The Morgan fingerprint density at radius 3 is 2.38 bits per heavy atom. The van der Waals surface area contributed by atoms with Gasteiger partial charge in [0.2, 0.25) is 11.8 Å². The van der Waals surface area contributed by atoms with Gasteiger partial charge >= 0.3 is 0 Å². The lowest BCUT2D eigenvalue weighted by Gasteiger charge is -2.22. The summed E-state index contributed by atoms with van der Waals surface area (Å²) in [4.78, 5) is 26.9. The summed E-state index contributed by atoms with van der Waals surface area (Å²) < 4.78 is 0. The van der Waals surface area contributed by atoms with E-state index in [1.165, 1.54) is 5.56 Å². The second-order valence-electron chi connectivity index (χ2n) is 7.54. The molecule has 0 aromatic heterocycles. The van der Waals surface area contributed by atoms with E-state index in [2.05, 4.69) is 5.32 Å². The summed E-state index contributed by atoms with van der Waals surface area (Å²) in [6, 6.07) is 19.4. The molecule has 0 aliphatic carbocycles. The lowest BCUT2D eigenvalue weighted by Crippen LogP contribution is -2.43. The maximum atomic E-state index is 12.6. The Labute approximate surface area is 179 Å². The molecule has 2 amide bonds. The predicted octanol–water partition coefficient (Wildman–Crippen LogP) is 3.09. The highest BCUT2D eigenvalue weighted by Crippen LogP contribution is 2.20. The highest BCUT2D eigenvalue weighted by atomic mass is 35.5. The van der Waals surface area contributed by atoms with E-state index in [1.807, 2.05) is 72.5 Å². The van der Waals surface area contributed by atoms with Crippen molar-refractivity contribution in [2.24, 2.45) is 11.7 Å². The lowest BCUT2D eigenvalue weighted by molar-refractivity contribution is -0.131. The third kappa shape index (κ3) is 6.31. The van der Waals surface area contributed by atoms with E-state index in [0.717, 1.165) is 18.4 Å². The molecule has 1 fully saturated rings. The quantitative estimate of drug-likeness (QED) is 0.729. The Hall–Kier alpha value is -2.37. The smallest absolute Gasteiger partial charge is 0.225 e. The summed E-state index contributed by atoms with van der Waals surface area (Å²) in [5.74, 6) is -0.236. The number of nitrogens with zero attached hydrogens (tertiary/aromatic N) is 1. The van der Waals surface area contributed by atoms with Crippen molar-refractivity contribution in [2.45, 2.75) is 38.3 Å². The fraction of sp³-hybridized carbons (Fsp3) is 0.391. The molecule has 3 rings (SSSR count). The van der Waals surface area contributed by atoms with Crippen LogP contribution in [-0.2, 0) is 16.0 Å². The fourth-order valence-electron chi connectivity index (χ4n) is 3.62. The van der Waals surface area contributed by atoms with E-state index in [-0.39, 0.29) is 42.2 Å². The zero-order valence-corrected chi connectivity index (χ0v) is 17.6. The van der Waals surface area contributed by atoms with Crippen LogP contribution in [0.3, 0.4) is 0 Å². The van der Waals surface area contributed by atoms with E-state index in [0.29, 0.717) is 19.5 Å². The third-order valence-electron chi connectivity index (χ3n) is 5.49. The first kappa shape index (κ1) is 22.9. The summed E-state index contributed by atoms with van der Waals surface area (Å²) in [7, 11) is 0. The summed E-state index contributed by atoms with van der Waals surface area (Å²) in [6.07, 6.45) is 2.03. The molecule has 3 N–H and O–H groups in total. The minimum Gasteiger partial charge on any atom is -0.351 e. The second-order valence-corrected chi connectivity index (χ2v) is 7.54. The molecule has 0 bridgehead atoms. The van der Waals surface area contributed by atoms with Gasteiger partial charge in [-0.25, -0.2) is 0 Å². The zero-order chi connectivity index (χ0) is 19.9. The second kappa shape index (κ2) is 11.0. The number of carbonyl (C=O) groups excluding carboxylic acids is 2. The first-order valence-electron chi connectivity index (χ1n) is 9.97. The van der Waals surface area contributed by atoms with Crippen molar-refractivity contribution < 1.29 is 9.59 Å². The molecular weight excluding hydrogens is 386 g/mol. The van der Waals surface area contributed by atoms with Crippen LogP contribution in [0.5, 0.6) is 0 Å². The molecular formula is C23H30ClN3O2. The minimum atomic E-state index is -0.341. The Balaban J connectivity index is 0.00000300. The number of hydrogen-bond acceptors (Lipinski definition) is 3. The molecule has 0 spiro atoms. The Kier molecular flexibility index (Phi) is 8.68. The number of halogens is 1. The maximum absolute atomic E-state index is 12.6. The van der Waals surface area contributed by atoms with Crippen LogP contribution >= 0.6 is 12.4 Å². The summed E-state index contributed by atoms with van der Waals surface area (Å²) >= 11 is 0. The van der Waals surface area contributed by atoms with E-state index in [4.69, 9.17) is 5.73 Å². The average Bonchev–Trinajstić information content (AvgIpc) is 3.20. The Morgan fingerprint density at radius 1 is 1.10 bits per heavy atom. The van der Waals surface area contributed by atoms with Crippen molar-refractivity contribution in [2.75, 3.05) is 13.1 Å². The standard InChI is InChI=1S/C23H29N3O2.ClH/c1-17(22(24)19-10-6-3-7-11-19)23(28)25-20-14-15-26(16-20)21(27)13-12-18-8-4-2-5-9-18;/h2-11,17,20,22H,12-16,24H2,1H3,(H,25,28);1H. The molecule has 2 aromatic carbocycles. The monoisotopic (exact) mass is 415 g/mol. The van der Waals surface area contributed by atoms with Gasteiger partial charge in [0.1, 0.15) is 0 Å². The normalized spacial score (nSPS) is 17.9. The highest BCUT2D eigenvalue weighted by Gasteiger charge is 2.29. The van der Waals surface area contributed by atoms with Crippen LogP contribution in [0.25, 0.3) is 0 Å². The number of aryl methyl sites for hydroxylation is 1. The summed E-state index contributed by atoms with van der Waals surface area (Å²) in [5, 5.41) is 3.08. The molecule has 156 valence electrons. The van der Waals surface area contributed by atoms with E-state index in [9.17, 15) is 9.59 Å². The molecule has 29 heavy (non-hydrogen) atoms. The Bertz CT molecular complexity index is 785. The number of hydrogen-bond donors (Lipinski definition) is 2. The first-order valence-corrected chi connectivity index (χ1v) is 9.97. The van der Waals surface area contributed by atoms with Gasteiger partial charge in [-0.3, -0.25) is 9.59 Å². The van der Waals surface area contributed by atoms with Gasteiger partial charge in [-0.15, -0.1) is 12.4 Å². The average molecular weight is 416 g/mol.